The summed E-state index contributed by atoms with van der Waals surface area (Å²) in [5.41, 5.74) is 11.6. The summed E-state index contributed by atoms with van der Waals surface area (Å²) < 4.78 is 0. The second kappa shape index (κ2) is 14.1. The lowest BCUT2D eigenvalue weighted by molar-refractivity contribution is 0.434. The Morgan fingerprint density at radius 1 is 0.535 bits per heavy atom. The smallest absolute Gasteiger partial charge is 0.0464 e. The van der Waals surface area contributed by atoms with E-state index >= 15 is 0 Å². The molecule has 0 aliphatic heterocycles. The molecule has 0 aromatic heterocycles. The summed E-state index contributed by atoms with van der Waals surface area (Å²) in [4.78, 5) is 2.37. The Morgan fingerprint density at radius 3 is 1.51 bits per heavy atom. The highest BCUT2D eigenvalue weighted by atomic mass is 15.1. The fourth-order valence-electron chi connectivity index (χ4n) is 5.84. The van der Waals surface area contributed by atoms with E-state index in [0.29, 0.717) is 0 Å². The van der Waals surface area contributed by atoms with Gasteiger partial charge in [0.05, 0.1) is 0 Å². The van der Waals surface area contributed by atoms with Crippen molar-refractivity contribution in [2.75, 3.05) is 4.90 Å². The van der Waals surface area contributed by atoms with Crippen LogP contribution in [0.1, 0.15) is 101 Å². The molecule has 0 aliphatic carbocycles. The molecule has 0 N–H and O–H groups in total. The van der Waals surface area contributed by atoms with Crippen molar-refractivity contribution in [3.63, 3.8) is 0 Å². The zero-order valence-corrected chi connectivity index (χ0v) is 27.7. The minimum Gasteiger partial charge on any atom is -0.310 e. The van der Waals surface area contributed by atoms with Gasteiger partial charge in [-0.2, -0.15) is 0 Å². The summed E-state index contributed by atoms with van der Waals surface area (Å²) in [6, 6.07) is 33.6. The van der Waals surface area contributed by atoms with Gasteiger partial charge in [0.15, 0.2) is 0 Å². The molecule has 4 rings (SSSR count). The number of allylic oxidation sites excluding steroid dienone is 1. The largest absolute Gasteiger partial charge is 0.310 e. The first kappa shape index (κ1) is 32.1. The van der Waals surface area contributed by atoms with Crippen LogP contribution < -0.4 is 4.90 Å². The zero-order chi connectivity index (χ0) is 31.0. The van der Waals surface area contributed by atoms with Gasteiger partial charge in [0.2, 0.25) is 0 Å². The maximum Gasteiger partial charge on any atom is 0.0464 e. The topological polar surface area (TPSA) is 3.24 Å². The molecule has 1 heteroatoms. The Morgan fingerprint density at radius 2 is 1.00 bits per heavy atom. The number of rotatable bonds is 12. The highest BCUT2D eigenvalue weighted by molar-refractivity contribution is 5.78. The summed E-state index contributed by atoms with van der Waals surface area (Å²) >= 11 is 0. The molecule has 0 spiro atoms. The highest BCUT2D eigenvalue weighted by Gasteiger charge is 2.20. The van der Waals surface area contributed by atoms with Crippen LogP contribution >= 0.6 is 0 Å². The van der Waals surface area contributed by atoms with Crippen LogP contribution in [0.2, 0.25) is 0 Å². The van der Waals surface area contributed by atoms with Crippen LogP contribution in [0.3, 0.4) is 0 Å². The van der Waals surface area contributed by atoms with Crippen molar-refractivity contribution in [1.82, 2.24) is 0 Å². The lowest BCUT2D eigenvalue weighted by atomic mass is 9.81. The van der Waals surface area contributed by atoms with Crippen molar-refractivity contribution < 1.29 is 0 Å². The van der Waals surface area contributed by atoms with Crippen LogP contribution in [-0.4, -0.2) is 0 Å². The molecule has 0 saturated carbocycles. The van der Waals surface area contributed by atoms with Crippen LogP contribution in [0.25, 0.3) is 18.2 Å². The maximum atomic E-state index is 2.37. The van der Waals surface area contributed by atoms with Crippen LogP contribution in [0, 0.1) is 19.3 Å². The average molecular weight is 570 g/mol. The van der Waals surface area contributed by atoms with Crippen LogP contribution in [0.4, 0.5) is 17.1 Å². The lowest BCUT2D eigenvalue weighted by Gasteiger charge is -2.28. The second-order valence-corrected chi connectivity index (χ2v) is 13.4. The molecule has 0 radical (unpaired) electrons. The quantitative estimate of drug-likeness (QED) is 0.153. The van der Waals surface area contributed by atoms with E-state index in [0.717, 1.165) is 5.69 Å². The predicted octanol–water partition coefficient (Wildman–Crippen LogP) is 12.9. The van der Waals surface area contributed by atoms with Gasteiger partial charge >= 0.3 is 0 Å². The van der Waals surface area contributed by atoms with Gasteiger partial charge in [-0.15, -0.1) is 0 Å². The molecule has 0 unspecified atom stereocenters. The monoisotopic (exact) mass is 569 g/mol. The van der Waals surface area contributed by atoms with E-state index in [1.54, 1.807) is 0 Å². The van der Waals surface area contributed by atoms with E-state index in [1.807, 2.05) is 0 Å². The normalized spacial score (nSPS) is 12.4. The summed E-state index contributed by atoms with van der Waals surface area (Å²) in [5, 5.41) is 0. The van der Waals surface area contributed by atoms with Crippen molar-refractivity contribution in [2.45, 2.75) is 86.5 Å². The van der Waals surface area contributed by atoms with Crippen molar-refractivity contribution in [3.8, 4) is 0 Å². The molecule has 224 valence electrons. The van der Waals surface area contributed by atoms with Crippen LogP contribution in [0.5, 0.6) is 0 Å². The molecule has 0 fully saturated rings. The van der Waals surface area contributed by atoms with Crippen molar-refractivity contribution in [3.05, 3.63) is 130 Å². The molecule has 0 amide bonds. The Hall–Kier alpha value is -3.84. The SMILES string of the molecule is CCCC(C)(C)C=Cc1ccc(C=Cc2ccc(N(c3ccc(C(C)(C)CCC)cc3)c3ccc(C)c(C)c3)cc2)cc1. The van der Waals surface area contributed by atoms with Crippen molar-refractivity contribution in [2.24, 2.45) is 5.41 Å². The molecule has 0 atom stereocenters. The number of anilines is 3. The summed E-state index contributed by atoms with van der Waals surface area (Å²) in [7, 11) is 0. The van der Waals surface area contributed by atoms with Gasteiger partial charge < -0.3 is 4.90 Å². The summed E-state index contributed by atoms with van der Waals surface area (Å²) in [6.07, 6.45) is 13.8. The fraction of sp³-hybridized carbons (Fsp3) is 0.333. The van der Waals surface area contributed by atoms with E-state index in [9.17, 15) is 0 Å². The van der Waals surface area contributed by atoms with Gasteiger partial charge in [-0.3, -0.25) is 0 Å². The average Bonchev–Trinajstić information content (AvgIpc) is 2.98. The Kier molecular flexibility index (Phi) is 10.5. The number of hydrogen-bond acceptors (Lipinski definition) is 1. The van der Waals surface area contributed by atoms with Gasteiger partial charge in [0, 0.05) is 17.1 Å². The van der Waals surface area contributed by atoms with E-state index in [2.05, 4.69) is 176 Å². The van der Waals surface area contributed by atoms with E-state index in [-0.39, 0.29) is 10.8 Å². The molecule has 0 heterocycles. The third-order valence-electron chi connectivity index (χ3n) is 8.71. The molecule has 4 aromatic carbocycles. The van der Waals surface area contributed by atoms with Gasteiger partial charge in [0.25, 0.3) is 0 Å². The van der Waals surface area contributed by atoms with E-state index < -0.39 is 0 Å². The maximum absolute atomic E-state index is 2.37. The molecule has 1 nitrogen and oxygen atoms in total. The highest BCUT2D eigenvalue weighted by Crippen LogP contribution is 2.37. The number of benzene rings is 4. The predicted molar refractivity (Wildman–Crippen MR) is 192 cm³/mol. The molecule has 43 heavy (non-hydrogen) atoms. The lowest BCUT2D eigenvalue weighted by Crippen LogP contribution is -2.17. The van der Waals surface area contributed by atoms with Gasteiger partial charge in [-0.1, -0.05) is 133 Å². The van der Waals surface area contributed by atoms with Crippen molar-refractivity contribution in [1.29, 1.82) is 0 Å². The summed E-state index contributed by atoms with van der Waals surface area (Å²) in [5.74, 6) is 0. The number of aryl methyl sites for hydroxylation is 2. The van der Waals surface area contributed by atoms with Gasteiger partial charge in [-0.05, 0) is 107 Å². The number of nitrogens with zero attached hydrogens (tertiary/aromatic N) is 1. The first-order valence-electron chi connectivity index (χ1n) is 16.1. The number of hydrogen-bond donors (Lipinski definition) is 0. The van der Waals surface area contributed by atoms with Gasteiger partial charge in [0.1, 0.15) is 0 Å². The molecule has 0 bridgehead atoms. The second-order valence-electron chi connectivity index (χ2n) is 13.4. The zero-order valence-electron chi connectivity index (χ0n) is 27.7. The minimum atomic E-state index is 0.176. The molecular formula is C42H51N. The first-order chi connectivity index (χ1) is 20.5. The molecule has 0 saturated heterocycles. The summed E-state index contributed by atoms with van der Waals surface area (Å²) in [6.45, 7) is 18.2. The van der Waals surface area contributed by atoms with Gasteiger partial charge in [-0.25, -0.2) is 0 Å². The molecule has 4 aromatic rings. The van der Waals surface area contributed by atoms with Crippen molar-refractivity contribution >= 4 is 35.3 Å². The third-order valence-corrected chi connectivity index (χ3v) is 8.71. The Labute approximate surface area is 262 Å². The van der Waals surface area contributed by atoms with E-state index in [1.165, 1.54) is 70.4 Å². The Bertz CT molecular complexity index is 1510. The molecular weight excluding hydrogens is 518 g/mol. The van der Waals surface area contributed by atoms with Crippen LogP contribution in [-0.2, 0) is 5.41 Å². The minimum absolute atomic E-state index is 0.176. The van der Waals surface area contributed by atoms with Crippen LogP contribution in [0.15, 0.2) is 97.1 Å². The first-order valence-corrected chi connectivity index (χ1v) is 16.1. The third kappa shape index (κ3) is 8.60. The fourth-order valence-corrected chi connectivity index (χ4v) is 5.84. The standard InChI is InChI=1S/C42H51N/c1-9-28-41(5,6)30-27-36-16-14-34(15-17-36)12-13-35-18-23-38(24-19-35)43(40-22-11-32(3)33(4)31-40)39-25-20-37(21-26-39)42(7,8)29-10-2/h11-27,30-31H,9-10,28-29H2,1-8H3. The van der Waals surface area contributed by atoms with E-state index in [4.69, 9.17) is 0 Å². The molecule has 0 aliphatic rings. The Balaban J connectivity index is 1.56.